The summed E-state index contributed by atoms with van der Waals surface area (Å²) in [4.78, 5) is 13.8. The number of para-hydroxylation sites is 1. The van der Waals surface area contributed by atoms with Crippen molar-refractivity contribution < 1.29 is 0 Å². The van der Waals surface area contributed by atoms with Crippen LogP contribution in [0.25, 0.3) is 0 Å². The van der Waals surface area contributed by atoms with E-state index in [9.17, 15) is 0 Å². The Bertz CT molecular complexity index is 1240. The van der Waals surface area contributed by atoms with Gasteiger partial charge in [0.15, 0.2) is 0 Å². The van der Waals surface area contributed by atoms with E-state index in [0.717, 1.165) is 45.6 Å². The largest absolute Gasteiger partial charge is 0.371 e. The number of pyridine rings is 1. The van der Waals surface area contributed by atoms with E-state index in [-0.39, 0.29) is 0 Å². The van der Waals surface area contributed by atoms with Crippen LogP contribution in [0.5, 0.6) is 0 Å². The standard InChI is InChI=1S/C29H30N6/c30-18-24-6-8-25(9-7-24)21-35-23-32-19-29(35)22-34(20-26-10-14-31-15-11-26)28-12-16-33(17-13-28)27-4-2-1-3-5-27/h1-11,14-15,19,23,28H,12-13,16-17,20-22H2. The molecule has 2 aromatic carbocycles. The fraction of sp³-hybridized carbons (Fsp3) is 0.276. The summed E-state index contributed by atoms with van der Waals surface area (Å²) in [5.41, 5.74) is 5.65. The summed E-state index contributed by atoms with van der Waals surface area (Å²) in [6, 6.07) is 25.4. The number of nitriles is 1. The van der Waals surface area contributed by atoms with Crippen LogP contribution >= 0.6 is 0 Å². The third kappa shape index (κ3) is 5.76. The van der Waals surface area contributed by atoms with Gasteiger partial charge in [0.1, 0.15) is 0 Å². The first-order chi connectivity index (χ1) is 17.3. The maximum Gasteiger partial charge on any atom is 0.0991 e. The minimum atomic E-state index is 0.501. The second kappa shape index (κ2) is 11.0. The van der Waals surface area contributed by atoms with E-state index in [0.29, 0.717) is 11.6 Å². The molecule has 0 amide bonds. The van der Waals surface area contributed by atoms with Crippen molar-refractivity contribution >= 4 is 5.69 Å². The van der Waals surface area contributed by atoms with E-state index in [1.807, 2.05) is 49.2 Å². The molecule has 1 saturated heterocycles. The minimum absolute atomic E-state index is 0.501. The van der Waals surface area contributed by atoms with Crippen molar-refractivity contribution in [1.82, 2.24) is 19.4 Å². The van der Waals surface area contributed by atoms with E-state index in [1.54, 1.807) is 0 Å². The third-order valence-electron chi connectivity index (χ3n) is 6.84. The van der Waals surface area contributed by atoms with Gasteiger partial charge in [0.2, 0.25) is 0 Å². The molecule has 1 aliphatic heterocycles. The highest BCUT2D eigenvalue weighted by molar-refractivity contribution is 5.46. The van der Waals surface area contributed by atoms with Gasteiger partial charge >= 0.3 is 0 Å². The highest BCUT2D eigenvalue weighted by Gasteiger charge is 2.26. The van der Waals surface area contributed by atoms with E-state index in [4.69, 9.17) is 5.26 Å². The van der Waals surface area contributed by atoms with Gasteiger partial charge in [0, 0.05) is 63.0 Å². The monoisotopic (exact) mass is 462 g/mol. The van der Waals surface area contributed by atoms with Crippen molar-refractivity contribution in [3.8, 4) is 6.07 Å². The molecule has 0 N–H and O–H groups in total. The Kier molecular flexibility index (Phi) is 7.16. The summed E-state index contributed by atoms with van der Waals surface area (Å²) in [6.07, 6.45) is 9.91. The first kappa shape index (κ1) is 22.8. The molecule has 1 aliphatic rings. The molecule has 4 aromatic rings. The van der Waals surface area contributed by atoms with Gasteiger partial charge in [0.05, 0.1) is 23.7 Å². The maximum atomic E-state index is 9.08. The van der Waals surface area contributed by atoms with Gasteiger partial charge < -0.3 is 9.47 Å². The lowest BCUT2D eigenvalue weighted by atomic mass is 10.0. The predicted molar refractivity (Wildman–Crippen MR) is 138 cm³/mol. The molecule has 5 rings (SSSR count). The van der Waals surface area contributed by atoms with Crippen LogP contribution in [0, 0.1) is 11.3 Å². The summed E-state index contributed by atoms with van der Waals surface area (Å²) in [5.74, 6) is 0. The summed E-state index contributed by atoms with van der Waals surface area (Å²) < 4.78 is 2.22. The highest BCUT2D eigenvalue weighted by Crippen LogP contribution is 2.25. The van der Waals surface area contributed by atoms with Crippen LogP contribution in [0.2, 0.25) is 0 Å². The molecule has 0 aliphatic carbocycles. The molecule has 0 saturated carbocycles. The van der Waals surface area contributed by atoms with Gasteiger partial charge in [-0.05, 0) is 60.4 Å². The lowest BCUT2D eigenvalue weighted by molar-refractivity contribution is 0.148. The molecule has 35 heavy (non-hydrogen) atoms. The molecule has 176 valence electrons. The quantitative estimate of drug-likeness (QED) is 0.374. The Morgan fingerprint density at radius 1 is 0.857 bits per heavy atom. The van der Waals surface area contributed by atoms with E-state index in [1.165, 1.54) is 22.5 Å². The molecule has 0 atom stereocenters. The third-order valence-corrected chi connectivity index (χ3v) is 6.84. The molecule has 1 fully saturated rings. The van der Waals surface area contributed by atoms with Crippen LogP contribution in [-0.2, 0) is 19.6 Å². The zero-order valence-electron chi connectivity index (χ0n) is 19.9. The molecule has 2 aromatic heterocycles. The van der Waals surface area contributed by atoms with Crippen LogP contribution in [0.1, 0.15) is 35.2 Å². The first-order valence-corrected chi connectivity index (χ1v) is 12.2. The molecule has 0 unspecified atom stereocenters. The van der Waals surface area contributed by atoms with Gasteiger partial charge in [-0.15, -0.1) is 0 Å². The minimum Gasteiger partial charge on any atom is -0.371 e. The van der Waals surface area contributed by atoms with Gasteiger partial charge in [-0.1, -0.05) is 30.3 Å². The fourth-order valence-corrected chi connectivity index (χ4v) is 4.88. The topological polar surface area (TPSA) is 61.0 Å². The second-order valence-corrected chi connectivity index (χ2v) is 9.14. The first-order valence-electron chi connectivity index (χ1n) is 12.2. The Hall–Kier alpha value is -3.95. The van der Waals surface area contributed by atoms with Crippen LogP contribution in [-0.4, -0.2) is 38.6 Å². The zero-order valence-corrected chi connectivity index (χ0v) is 19.9. The van der Waals surface area contributed by atoms with Crippen molar-refractivity contribution in [3.05, 3.63) is 114 Å². The van der Waals surface area contributed by atoms with Crippen LogP contribution in [0.3, 0.4) is 0 Å². The number of rotatable bonds is 8. The maximum absolute atomic E-state index is 9.08. The average molecular weight is 463 g/mol. The summed E-state index contributed by atoms with van der Waals surface area (Å²) in [6.45, 7) is 4.60. The number of imidazole rings is 1. The SMILES string of the molecule is N#Cc1ccc(Cn2cncc2CN(Cc2ccncc2)C2CCN(c3ccccc3)CC2)cc1. The van der Waals surface area contributed by atoms with Crippen molar-refractivity contribution in [3.63, 3.8) is 0 Å². The van der Waals surface area contributed by atoms with Crippen molar-refractivity contribution in [1.29, 1.82) is 5.26 Å². The average Bonchev–Trinajstić information content (AvgIpc) is 3.36. The molecular formula is C29H30N6. The fourth-order valence-electron chi connectivity index (χ4n) is 4.88. The highest BCUT2D eigenvalue weighted by atomic mass is 15.2. The molecular weight excluding hydrogens is 432 g/mol. The Labute approximate surface area is 207 Å². The molecule has 0 radical (unpaired) electrons. The van der Waals surface area contributed by atoms with Gasteiger partial charge in [-0.3, -0.25) is 9.88 Å². The smallest absolute Gasteiger partial charge is 0.0991 e. The van der Waals surface area contributed by atoms with Gasteiger partial charge in [0.25, 0.3) is 0 Å². The van der Waals surface area contributed by atoms with Crippen LogP contribution in [0.4, 0.5) is 5.69 Å². The zero-order chi connectivity index (χ0) is 23.9. The molecule has 0 spiro atoms. The molecule has 6 heteroatoms. The molecule has 0 bridgehead atoms. The van der Waals surface area contributed by atoms with Crippen LogP contribution in [0.15, 0.2) is 91.6 Å². The Balaban J connectivity index is 1.31. The number of hydrogen-bond acceptors (Lipinski definition) is 5. The Morgan fingerprint density at radius 2 is 1.60 bits per heavy atom. The summed E-state index contributed by atoms with van der Waals surface area (Å²) in [5, 5.41) is 9.08. The van der Waals surface area contributed by atoms with Gasteiger partial charge in [-0.25, -0.2) is 4.98 Å². The second-order valence-electron chi connectivity index (χ2n) is 9.14. The van der Waals surface area contributed by atoms with Crippen molar-refractivity contribution in [2.75, 3.05) is 18.0 Å². The number of hydrogen-bond donors (Lipinski definition) is 0. The number of aromatic nitrogens is 3. The van der Waals surface area contributed by atoms with Crippen molar-refractivity contribution in [2.24, 2.45) is 0 Å². The van der Waals surface area contributed by atoms with Gasteiger partial charge in [-0.2, -0.15) is 5.26 Å². The normalized spacial score (nSPS) is 14.2. The number of piperidine rings is 1. The van der Waals surface area contributed by atoms with E-state index >= 15 is 0 Å². The lowest BCUT2D eigenvalue weighted by Gasteiger charge is -2.39. The lowest BCUT2D eigenvalue weighted by Crippen LogP contribution is -2.44. The van der Waals surface area contributed by atoms with Crippen LogP contribution < -0.4 is 4.90 Å². The van der Waals surface area contributed by atoms with Crippen molar-refractivity contribution in [2.45, 2.75) is 38.5 Å². The summed E-state index contributed by atoms with van der Waals surface area (Å²) in [7, 11) is 0. The predicted octanol–water partition coefficient (Wildman–Crippen LogP) is 4.87. The summed E-state index contributed by atoms with van der Waals surface area (Å²) >= 11 is 0. The Morgan fingerprint density at radius 3 is 2.31 bits per heavy atom. The van der Waals surface area contributed by atoms with E-state index < -0.39 is 0 Å². The van der Waals surface area contributed by atoms with E-state index in [2.05, 4.69) is 72.9 Å². The molecule has 6 nitrogen and oxygen atoms in total. The number of nitrogens with zero attached hydrogens (tertiary/aromatic N) is 6. The number of anilines is 1. The molecule has 3 heterocycles. The number of benzene rings is 2.